The summed E-state index contributed by atoms with van der Waals surface area (Å²) < 4.78 is 28.0. The van der Waals surface area contributed by atoms with Gasteiger partial charge in [0.2, 0.25) is 10.0 Å². The number of amides is 2. The molecule has 1 aliphatic heterocycles. The molecule has 1 saturated heterocycles. The van der Waals surface area contributed by atoms with Gasteiger partial charge in [0.25, 0.3) is 0 Å². The van der Waals surface area contributed by atoms with Crippen molar-refractivity contribution in [3.63, 3.8) is 0 Å². The average molecular weight is 373 g/mol. The fourth-order valence-electron chi connectivity index (χ4n) is 3.26. The fraction of sp³-hybridized carbons (Fsp3) is 0.316. The zero-order chi connectivity index (χ0) is 18.9. The lowest BCUT2D eigenvalue weighted by molar-refractivity contribution is 0.138. The van der Waals surface area contributed by atoms with Crippen molar-refractivity contribution in [1.82, 2.24) is 14.1 Å². The molecule has 26 heavy (non-hydrogen) atoms. The van der Waals surface area contributed by atoms with E-state index in [1.54, 1.807) is 49.3 Å². The Bertz CT molecular complexity index is 869. The SMILES string of the molecule is CC1CN(S(=O)(=O)c2ccccc2)C(c2ccccc2)N1C(=O)N(C)C. The van der Waals surface area contributed by atoms with Crippen LogP contribution in [0, 0.1) is 0 Å². The Morgan fingerprint density at radius 2 is 1.54 bits per heavy atom. The second kappa shape index (κ2) is 7.09. The Hall–Kier alpha value is -2.38. The van der Waals surface area contributed by atoms with E-state index in [9.17, 15) is 13.2 Å². The molecule has 1 heterocycles. The molecule has 0 bridgehead atoms. The zero-order valence-electron chi connectivity index (χ0n) is 15.1. The minimum atomic E-state index is -3.74. The van der Waals surface area contributed by atoms with Crippen LogP contribution in [0.5, 0.6) is 0 Å². The van der Waals surface area contributed by atoms with Crippen LogP contribution in [0.2, 0.25) is 0 Å². The van der Waals surface area contributed by atoms with Crippen LogP contribution >= 0.6 is 0 Å². The van der Waals surface area contributed by atoms with Crippen molar-refractivity contribution in [2.45, 2.75) is 24.0 Å². The molecule has 2 amide bonds. The summed E-state index contributed by atoms with van der Waals surface area (Å²) in [4.78, 5) is 16.1. The fourth-order valence-corrected chi connectivity index (χ4v) is 4.93. The van der Waals surface area contributed by atoms with Gasteiger partial charge in [-0.15, -0.1) is 0 Å². The van der Waals surface area contributed by atoms with Crippen LogP contribution in [0.3, 0.4) is 0 Å². The number of sulfonamides is 1. The van der Waals surface area contributed by atoms with Gasteiger partial charge in [0.05, 0.1) is 4.90 Å². The van der Waals surface area contributed by atoms with E-state index in [0.717, 1.165) is 5.56 Å². The number of urea groups is 1. The van der Waals surface area contributed by atoms with E-state index in [1.807, 2.05) is 37.3 Å². The standard InChI is InChI=1S/C19H23N3O3S/c1-15-14-21(26(24,25)17-12-8-5-9-13-17)18(16-10-6-4-7-11-16)22(15)19(23)20(2)3/h4-13,15,18H,14H2,1-3H3. The first-order valence-electron chi connectivity index (χ1n) is 8.45. The van der Waals surface area contributed by atoms with Crippen molar-refractivity contribution in [2.75, 3.05) is 20.6 Å². The van der Waals surface area contributed by atoms with Crippen LogP contribution in [0.15, 0.2) is 65.6 Å². The van der Waals surface area contributed by atoms with Gasteiger partial charge in [0.15, 0.2) is 0 Å². The van der Waals surface area contributed by atoms with Gasteiger partial charge in [-0.3, -0.25) is 4.90 Å². The summed E-state index contributed by atoms with van der Waals surface area (Å²) in [6.07, 6.45) is -0.675. The first-order valence-corrected chi connectivity index (χ1v) is 9.89. The second-order valence-electron chi connectivity index (χ2n) is 6.61. The Morgan fingerprint density at radius 3 is 2.08 bits per heavy atom. The van der Waals surface area contributed by atoms with Gasteiger partial charge in [0, 0.05) is 26.7 Å². The van der Waals surface area contributed by atoms with Crippen LogP contribution in [-0.4, -0.2) is 55.2 Å². The van der Waals surface area contributed by atoms with Crippen LogP contribution in [0.4, 0.5) is 4.79 Å². The van der Waals surface area contributed by atoms with Crippen LogP contribution < -0.4 is 0 Å². The number of carbonyl (C=O) groups excluding carboxylic acids is 1. The molecule has 138 valence electrons. The van der Waals surface area contributed by atoms with E-state index in [1.165, 1.54) is 9.21 Å². The quantitative estimate of drug-likeness (QED) is 0.831. The van der Waals surface area contributed by atoms with E-state index < -0.39 is 16.2 Å². The lowest BCUT2D eigenvalue weighted by Crippen LogP contribution is -2.44. The van der Waals surface area contributed by atoms with E-state index >= 15 is 0 Å². The first-order chi connectivity index (χ1) is 12.3. The third-order valence-corrected chi connectivity index (χ3v) is 6.34. The highest BCUT2D eigenvalue weighted by molar-refractivity contribution is 7.89. The van der Waals surface area contributed by atoms with E-state index in [2.05, 4.69) is 0 Å². The maximum atomic E-state index is 13.3. The summed E-state index contributed by atoms with van der Waals surface area (Å²) in [7, 11) is -0.396. The number of nitrogens with zero attached hydrogens (tertiary/aromatic N) is 3. The summed E-state index contributed by atoms with van der Waals surface area (Å²) in [6.45, 7) is 2.12. The van der Waals surface area contributed by atoms with Gasteiger partial charge in [-0.05, 0) is 24.6 Å². The zero-order valence-corrected chi connectivity index (χ0v) is 15.9. The Balaban J connectivity index is 2.11. The molecule has 0 aliphatic carbocycles. The average Bonchev–Trinajstić information content (AvgIpc) is 3.00. The molecule has 0 radical (unpaired) electrons. The van der Waals surface area contributed by atoms with Crippen molar-refractivity contribution < 1.29 is 13.2 Å². The monoisotopic (exact) mass is 373 g/mol. The molecule has 2 aromatic carbocycles. The molecular weight excluding hydrogens is 350 g/mol. The molecule has 2 aromatic rings. The van der Waals surface area contributed by atoms with Crippen molar-refractivity contribution >= 4 is 16.1 Å². The summed E-state index contributed by atoms with van der Waals surface area (Å²) in [5.74, 6) is 0. The highest BCUT2D eigenvalue weighted by Crippen LogP contribution is 2.38. The third kappa shape index (κ3) is 3.20. The summed E-state index contributed by atoms with van der Waals surface area (Å²) in [6, 6.07) is 17.2. The van der Waals surface area contributed by atoms with Gasteiger partial charge < -0.3 is 4.90 Å². The molecule has 0 N–H and O–H groups in total. The first kappa shape index (κ1) is 18.4. The minimum absolute atomic E-state index is 0.211. The van der Waals surface area contributed by atoms with Gasteiger partial charge in [-0.25, -0.2) is 13.2 Å². The van der Waals surface area contributed by atoms with Gasteiger partial charge in [-0.2, -0.15) is 4.31 Å². The molecule has 7 heteroatoms. The summed E-state index contributed by atoms with van der Waals surface area (Å²) in [5, 5.41) is 0. The number of benzene rings is 2. The van der Waals surface area contributed by atoms with Gasteiger partial charge in [0.1, 0.15) is 6.17 Å². The largest absolute Gasteiger partial charge is 0.331 e. The smallest absolute Gasteiger partial charge is 0.321 e. The van der Waals surface area contributed by atoms with Crippen molar-refractivity contribution in [1.29, 1.82) is 0 Å². The molecular formula is C19H23N3O3S. The minimum Gasteiger partial charge on any atom is -0.331 e. The topological polar surface area (TPSA) is 60.9 Å². The maximum absolute atomic E-state index is 13.3. The lowest BCUT2D eigenvalue weighted by atomic mass is 10.1. The molecule has 0 aromatic heterocycles. The van der Waals surface area contributed by atoms with Crippen molar-refractivity contribution in [3.05, 3.63) is 66.2 Å². The molecule has 2 atom stereocenters. The van der Waals surface area contributed by atoms with Gasteiger partial charge >= 0.3 is 6.03 Å². The molecule has 6 nitrogen and oxygen atoms in total. The number of hydrogen-bond donors (Lipinski definition) is 0. The Morgan fingerprint density at radius 1 is 1.00 bits per heavy atom. The molecule has 3 rings (SSSR count). The molecule has 0 spiro atoms. The predicted octanol–water partition coefficient (Wildman–Crippen LogP) is 2.76. The van der Waals surface area contributed by atoms with E-state index in [4.69, 9.17) is 0 Å². The number of carbonyl (C=O) groups is 1. The van der Waals surface area contributed by atoms with Crippen LogP contribution in [0.1, 0.15) is 18.7 Å². The number of hydrogen-bond acceptors (Lipinski definition) is 3. The molecule has 2 unspecified atom stereocenters. The molecule has 1 aliphatic rings. The Kier molecular flexibility index (Phi) is 5.02. The molecule has 0 saturated carbocycles. The molecule has 1 fully saturated rings. The third-order valence-electron chi connectivity index (χ3n) is 4.51. The maximum Gasteiger partial charge on any atom is 0.321 e. The number of rotatable bonds is 3. The van der Waals surface area contributed by atoms with E-state index in [0.29, 0.717) is 0 Å². The summed E-state index contributed by atoms with van der Waals surface area (Å²) >= 11 is 0. The lowest BCUT2D eigenvalue weighted by Gasteiger charge is -2.33. The van der Waals surface area contributed by atoms with E-state index in [-0.39, 0.29) is 23.5 Å². The van der Waals surface area contributed by atoms with Crippen LogP contribution in [-0.2, 0) is 10.0 Å². The van der Waals surface area contributed by atoms with Crippen LogP contribution in [0.25, 0.3) is 0 Å². The summed E-state index contributed by atoms with van der Waals surface area (Å²) in [5.41, 5.74) is 0.770. The normalized spacial score (nSPS) is 21.0. The highest BCUT2D eigenvalue weighted by Gasteiger charge is 2.47. The second-order valence-corrected chi connectivity index (χ2v) is 8.50. The van der Waals surface area contributed by atoms with Gasteiger partial charge in [-0.1, -0.05) is 48.5 Å². The highest BCUT2D eigenvalue weighted by atomic mass is 32.2. The van der Waals surface area contributed by atoms with Crippen molar-refractivity contribution in [2.24, 2.45) is 0 Å². The predicted molar refractivity (Wildman–Crippen MR) is 99.9 cm³/mol. The van der Waals surface area contributed by atoms with Crippen molar-refractivity contribution in [3.8, 4) is 0 Å². The Labute approximate surface area is 154 Å².